The van der Waals surface area contributed by atoms with E-state index in [0.717, 1.165) is 19.3 Å². The molecule has 2 aromatic carbocycles. The van der Waals surface area contributed by atoms with Gasteiger partial charge in [0.25, 0.3) is 11.8 Å². The maximum absolute atomic E-state index is 13.7. The molecular weight excluding hydrogens is 514 g/mol. The summed E-state index contributed by atoms with van der Waals surface area (Å²) in [6, 6.07) is 4.24. The van der Waals surface area contributed by atoms with Crippen LogP contribution >= 0.6 is 0 Å². The van der Waals surface area contributed by atoms with Crippen molar-refractivity contribution in [2.24, 2.45) is 0 Å². The van der Waals surface area contributed by atoms with Gasteiger partial charge in [0.15, 0.2) is 17.8 Å². The van der Waals surface area contributed by atoms with Gasteiger partial charge in [0, 0.05) is 46.2 Å². The number of aromatic hydroxyl groups is 2. The van der Waals surface area contributed by atoms with Crippen LogP contribution in [0.15, 0.2) is 18.2 Å². The zero-order valence-electron chi connectivity index (χ0n) is 24.4. The van der Waals surface area contributed by atoms with Crippen molar-refractivity contribution in [1.82, 2.24) is 14.7 Å². The quantitative estimate of drug-likeness (QED) is 0.201. The summed E-state index contributed by atoms with van der Waals surface area (Å²) in [4.78, 5) is 64.0. The fraction of sp³-hybridized carbons (Fsp3) is 0.500. The highest BCUT2D eigenvalue weighted by molar-refractivity contribution is 6.13. The molecule has 0 aliphatic heterocycles. The van der Waals surface area contributed by atoms with E-state index in [1.54, 1.807) is 21.7 Å². The van der Waals surface area contributed by atoms with Crippen molar-refractivity contribution in [2.45, 2.75) is 59.8 Å². The Bertz CT molecular complexity index is 1180. The highest BCUT2D eigenvalue weighted by atomic mass is 16.3. The number of fused-ring (bicyclic) bond motifs is 1. The van der Waals surface area contributed by atoms with Gasteiger partial charge in [-0.25, -0.2) is 0 Å². The molecule has 0 bridgehead atoms. The third kappa shape index (κ3) is 8.27. The molecule has 0 aliphatic rings. The number of carbonyl (C=O) groups is 5. The molecule has 3 amide bonds. The molecular formula is C30H43N3O7. The van der Waals surface area contributed by atoms with Gasteiger partial charge in [-0.2, -0.15) is 0 Å². The van der Waals surface area contributed by atoms with E-state index in [1.807, 2.05) is 34.5 Å². The fourth-order valence-electron chi connectivity index (χ4n) is 4.47. The number of aldehydes is 1. The molecule has 0 aliphatic carbocycles. The van der Waals surface area contributed by atoms with Gasteiger partial charge in [-0.15, -0.1) is 0 Å². The SMILES string of the molecule is C=O.CCCCC(=O)N(C)CCCCN(CC)C(=O)c1cc2cc(O)c(O)c(C=O)c2cc1C(=O)N(CC)CC. The second kappa shape index (κ2) is 16.9. The number of nitrogens with zero attached hydrogens (tertiary/aromatic N) is 3. The molecule has 40 heavy (non-hydrogen) atoms. The zero-order chi connectivity index (χ0) is 30.4. The molecule has 10 heteroatoms. The van der Waals surface area contributed by atoms with Gasteiger partial charge < -0.3 is 29.7 Å². The van der Waals surface area contributed by atoms with Crippen LogP contribution in [0, 0.1) is 0 Å². The third-order valence-electron chi connectivity index (χ3n) is 6.91. The molecule has 2 N–H and O–H groups in total. The lowest BCUT2D eigenvalue weighted by molar-refractivity contribution is -0.130. The molecule has 2 rings (SSSR count). The van der Waals surface area contributed by atoms with Crippen molar-refractivity contribution in [2.75, 3.05) is 39.8 Å². The molecule has 0 saturated heterocycles. The number of hydrogen-bond donors (Lipinski definition) is 2. The van der Waals surface area contributed by atoms with Crippen molar-refractivity contribution < 1.29 is 34.2 Å². The van der Waals surface area contributed by atoms with Crippen LogP contribution in [-0.4, -0.2) is 95.5 Å². The number of unbranched alkanes of at least 4 members (excludes halogenated alkanes) is 2. The lowest BCUT2D eigenvalue weighted by Gasteiger charge is -2.25. The Labute approximate surface area is 236 Å². The second-order valence-corrected chi connectivity index (χ2v) is 9.38. The summed E-state index contributed by atoms with van der Waals surface area (Å²) in [6.07, 6.45) is 4.22. The van der Waals surface area contributed by atoms with Crippen LogP contribution in [0.4, 0.5) is 0 Å². The normalized spacial score (nSPS) is 10.4. The summed E-state index contributed by atoms with van der Waals surface area (Å²) in [6.45, 7) is 11.9. The lowest BCUT2D eigenvalue weighted by Crippen LogP contribution is -2.36. The van der Waals surface area contributed by atoms with Gasteiger partial charge in [-0.05, 0) is 69.0 Å². The molecule has 0 atom stereocenters. The first-order valence-corrected chi connectivity index (χ1v) is 13.7. The minimum atomic E-state index is -0.568. The van der Waals surface area contributed by atoms with E-state index in [0.29, 0.717) is 57.2 Å². The average Bonchev–Trinajstić information content (AvgIpc) is 2.97. The van der Waals surface area contributed by atoms with Crippen LogP contribution in [0.25, 0.3) is 10.8 Å². The topological polar surface area (TPSA) is 136 Å². The van der Waals surface area contributed by atoms with Crippen LogP contribution < -0.4 is 0 Å². The van der Waals surface area contributed by atoms with Crippen molar-refractivity contribution >= 4 is 41.6 Å². The van der Waals surface area contributed by atoms with Crippen LogP contribution in [0.1, 0.15) is 90.9 Å². The van der Waals surface area contributed by atoms with E-state index in [2.05, 4.69) is 0 Å². The number of benzene rings is 2. The van der Waals surface area contributed by atoms with Crippen molar-refractivity contribution in [3.63, 3.8) is 0 Å². The first-order chi connectivity index (χ1) is 19.1. The predicted octanol–water partition coefficient (Wildman–Crippen LogP) is 4.25. The Balaban J connectivity index is 0.00000391. The van der Waals surface area contributed by atoms with Crippen LogP contribution in [0.3, 0.4) is 0 Å². The maximum Gasteiger partial charge on any atom is 0.254 e. The van der Waals surface area contributed by atoms with Crippen molar-refractivity contribution in [3.8, 4) is 11.5 Å². The number of phenols is 2. The van der Waals surface area contributed by atoms with E-state index in [-0.39, 0.29) is 39.8 Å². The molecule has 2 aromatic rings. The number of rotatable bonds is 14. The summed E-state index contributed by atoms with van der Waals surface area (Å²) in [5.74, 6) is -1.62. The summed E-state index contributed by atoms with van der Waals surface area (Å²) in [5, 5.41) is 21.0. The van der Waals surface area contributed by atoms with Gasteiger partial charge >= 0.3 is 0 Å². The van der Waals surface area contributed by atoms with E-state index < -0.39 is 11.5 Å². The highest BCUT2D eigenvalue weighted by Gasteiger charge is 2.26. The highest BCUT2D eigenvalue weighted by Crippen LogP contribution is 2.36. The van der Waals surface area contributed by atoms with Crippen LogP contribution in [-0.2, 0) is 9.59 Å². The van der Waals surface area contributed by atoms with Crippen LogP contribution in [0.2, 0.25) is 0 Å². The van der Waals surface area contributed by atoms with Gasteiger partial charge in [0.05, 0.1) is 16.7 Å². The largest absolute Gasteiger partial charge is 0.504 e. The van der Waals surface area contributed by atoms with Crippen molar-refractivity contribution in [1.29, 1.82) is 0 Å². The Morgan fingerprint density at radius 2 is 1.38 bits per heavy atom. The second-order valence-electron chi connectivity index (χ2n) is 9.38. The minimum absolute atomic E-state index is 0.120. The van der Waals surface area contributed by atoms with Gasteiger partial charge in [0.1, 0.15) is 6.79 Å². The molecule has 220 valence electrons. The average molecular weight is 558 g/mol. The van der Waals surface area contributed by atoms with Gasteiger partial charge in [-0.3, -0.25) is 19.2 Å². The monoisotopic (exact) mass is 557 g/mol. The Kier molecular flexibility index (Phi) is 14.4. The number of carbonyl (C=O) groups excluding carboxylic acids is 5. The maximum atomic E-state index is 13.7. The molecule has 10 nitrogen and oxygen atoms in total. The number of phenolic OH excluding ortho intramolecular Hbond substituents is 2. The van der Waals surface area contributed by atoms with E-state index in [9.17, 15) is 29.4 Å². The van der Waals surface area contributed by atoms with E-state index >= 15 is 0 Å². The molecule has 0 fully saturated rings. The standard InChI is InChI=1S/C29H41N3O6.CH2O/c1-6-10-13-26(35)30(5)14-11-12-15-32(9-4)29(38)22-16-20-17-25(34)27(36)24(19-33)21(20)18-23(22)28(37)31(7-2)8-3;1-2/h16-19,34,36H,6-15H2,1-5H3;1H2. The first-order valence-electron chi connectivity index (χ1n) is 13.7. The summed E-state index contributed by atoms with van der Waals surface area (Å²) in [7, 11) is 1.79. The molecule has 0 heterocycles. The summed E-state index contributed by atoms with van der Waals surface area (Å²) in [5.41, 5.74) is 0.168. The van der Waals surface area contributed by atoms with Crippen LogP contribution in [0.5, 0.6) is 11.5 Å². The zero-order valence-corrected chi connectivity index (χ0v) is 24.4. The van der Waals surface area contributed by atoms with Gasteiger partial charge in [0.2, 0.25) is 5.91 Å². The minimum Gasteiger partial charge on any atom is -0.504 e. The molecule has 0 radical (unpaired) electrons. The summed E-state index contributed by atoms with van der Waals surface area (Å²) >= 11 is 0. The molecule has 0 unspecified atom stereocenters. The lowest BCUT2D eigenvalue weighted by atomic mass is 9.95. The number of hydrogen-bond acceptors (Lipinski definition) is 7. The Morgan fingerprint density at radius 3 is 1.93 bits per heavy atom. The molecule has 0 saturated carbocycles. The first kappa shape index (κ1) is 34.1. The van der Waals surface area contributed by atoms with E-state index in [1.165, 1.54) is 18.2 Å². The Hall–Kier alpha value is -3.95. The number of amides is 3. The van der Waals surface area contributed by atoms with Crippen molar-refractivity contribution in [3.05, 3.63) is 34.9 Å². The van der Waals surface area contributed by atoms with Gasteiger partial charge in [-0.1, -0.05) is 13.3 Å². The smallest absolute Gasteiger partial charge is 0.254 e. The van der Waals surface area contributed by atoms with E-state index in [4.69, 9.17) is 4.79 Å². The summed E-state index contributed by atoms with van der Waals surface area (Å²) < 4.78 is 0. The molecule has 0 aromatic heterocycles. The fourth-order valence-corrected chi connectivity index (χ4v) is 4.47. The molecule has 0 spiro atoms. The Morgan fingerprint density at radius 1 is 0.825 bits per heavy atom. The third-order valence-corrected chi connectivity index (χ3v) is 6.91. The predicted molar refractivity (Wildman–Crippen MR) is 155 cm³/mol.